The van der Waals surface area contributed by atoms with E-state index in [2.05, 4.69) is 10.0 Å². The summed E-state index contributed by atoms with van der Waals surface area (Å²) in [4.78, 5) is 23.3. The van der Waals surface area contributed by atoms with Crippen LogP contribution in [0.25, 0.3) is 11.1 Å². The van der Waals surface area contributed by atoms with Crippen LogP contribution in [0, 0.1) is 11.8 Å². The molecule has 3 rings (SSSR count). The molecule has 1 aliphatic carbocycles. The summed E-state index contributed by atoms with van der Waals surface area (Å²) in [6.07, 6.45) is 1.29. The minimum Gasteiger partial charge on any atom is -0.480 e. The molecule has 31 heavy (non-hydrogen) atoms. The van der Waals surface area contributed by atoms with E-state index in [0.717, 1.165) is 17.5 Å². The van der Waals surface area contributed by atoms with E-state index in [4.69, 9.17) is 11.6 Å². The average Bonchev–Trinajstić information content (AvgIpc) is 3.47. The number of sulfonamides is 1. The molecule has 3 atom stereocenters. The maximum absolute atomic E-state index is 12.7. The monoisotopic (exact) mass is 464 g/mol. The Balaban J connectivity index is 1.58. The summed E-state index contributed by atoms with van der Waals surface area (Å²) in [6, 6.07) is 12.0. The fraction of sp³-hybridized carbons (Fsp3) is 0.364. The lowest BCUT2D eigenvalue weighted by molar-refractivity contribution is -0.139. The number of benzene rings is 2. The van der Waals surface area contributed by atoms with Gasteiger partial charge in [-0.05, 0) is 60.6 Å². The van der Waals surface area contributed by atoms with Crippen LogP contribution < -0.4 is 10.0 Å². The van der Waals surface area contributed by atoms with E-state index < -0.39 is 22.0 Å². The molecular weight excluding hydrogens is 440 g/mol. The van der Waals surface area contributed by atoms with Crippen LogP contribution >= 0.6 is 11.6 Å². The fourth-order valence-electron chi connectivity index (χ4n) is 3.29. The molecule has 0 saturated heterocycles. The van der Waals surface area contributed by atoms with E-state index in [1.165, 1.54) is 12.1 Å². The van der Waals surface area contributed by atoms with E-state index in [9.17, 15) is 23.1 Å². The lowest BCUT2D eigenvalue weighted by Crippen LogP contribution is -2.41. The van der Waals surface area contributed by atoms with Gasteiger partial charge in [0.2, 0.25) is 15.9 Å². The number of hydrogen-bond donors (Lipinski definition) is 3. The number of rotatable bonds is 10. The van der Waals surface area contributed by atoms with Crippen LogP contribution in [-0.4, -0.2) is 38.0 Å². The number of carboxylic acid groups (broad SMARTS) is 1. The van der Waals surface area contributed by atoms with Gasteiger partial charge in [-0.1, -0.05) is 42.8 Å². The molecule has 0 aliphatic heterocycles. The van der Waals surface area contributed by atoms with Crippen LogP contribution in [0.2, 0.25) is 5.02 Å². The van der Waals surface area contributed by atoms with E-state index >= 15 is 0 Å². The molecule has 0 bridgehead atoms. The van der Waals surface area contributed by atoms with Crippen LogP contribution in [0.15, 0.2) is 53.4 Å². The standard InChI is InChI=1S/C22H25ClN2O5S/c1-14-13-19(14)21(26)24-12-2-3-20(22(27)28)25-31(29,30)18-10-6-16(7-11-18)15-4-8-17(23)9-5-15/h4-11,14,19-20,25H,2-3,12-13H2,1H3,(H,24,26)(H,27,28). The van der Waals surface area contributed by atoms with Gasteiger partial charge in [0, 0.05) is 17.5 Å². The minimum atomic E-state index is -4.01. The second-order valence-corrected chi connectivity index (χ2v) is 9.95. The van der Waals surface area contributed by atoms with Crippen molar-refractivity contribution < 1.29 is 23.1 Å². The second-order valence-electron chi connectivity index (χ2n) is 7.80. The predicted octanol–water partition coefficient (Wildman–Crippen LogP) is 3.29. The van der Waals surface area contributed by atoms with Gasteiger partial charge in [-0.25, -0.2) is 8.42 Å². The summed E-state index contributed by atoms with van der Waals surface area (Å²) in [5, 5.41) is 12.8. The highest BCUT2D eigenvalue weighted by atomic mass is 35.5. The van der Waals surface area contributed by atoms with Crippen molar-refractivity contribution in [3.63, 3.8) is 0 Å². The Bertz CT molecular complexity index is 1040. The first-order chi connectivity index (χ1) is 14.7. The van der Waals surface area contributed by atoms with Crippen LogP contribution in [0.4, 0.5) is 0 Å². The van der Waals surface area contributed by atoms with Gasteiger partial charge in [0.05, 0.1) is 4.90 Å². The molecule has 1 fully saturated rings. The first-order valence-corrected chi connectivity index (χ1v) is 11.9. The van der Waals surface area contributed by atoms with Crippen molar-refractivity contribution >= 4 is 33.5 Å². The highest BCUT2D eigenvalue weighted by molar-refractivity contribution is 7.89. The van der Waals surface area contributed by atoms with Crippen molar-refractivity contribution in [1.29, 1.82) is 0 Å². The van der Waals surface area contributed by atoms with Crippen molar-refractivity contribution in [2.75, 3.05) is 6.54 Å². The molecule has 2 aromatic carbocycles. The van der Waals surface area contributed by atoms with Crippen molar-refractivity contribution in [2.24, 2.45) is 11.8 Å². The molecular formula is C22H25ClN2O5S. The number of halogens is 1. The molecule has 1 aliphatic rings. The van der Waals surface area contributed by atoms with Gasteiger partial charge in [-0.3, -0.25) is 9.59 Å². The third-order valence-corrected chi connectivity index (χ3v) is 7.09. The first kappa shape index (κ1) is 23.2. The maximum Gasteiger partial charge on any atom is 0.321 e. The Labute approximate surface area is 186 Å². The summed E-state index contributed by atoms with van der Waals surface area (Å²) in [6.45, 7) is 2.31. The van der Waals surface area contributed by atoms with Crippen molar-refractivity contribution in [3.8, 4) is 11.1 Å². The topological polar surface area (TPSA) is 113 Å². The van der Waals surface area contributed by atoms with Crippen LogP contribution in [0.5, 0.6) is 0 Å². The van der Waals surface area contributed by atoms with Gasteiger partial charge in [0.15, 0.2) is 0 Å². The second kappa shape index (κ2) is 9.80. The summed E-state index contributed by atoms with van der Waals surface area (Å²) in [7, 11) is -4.01. The molecule has 7 nitrogen and oxygen atoms in total. The highest BCUT2D eigenvalue weighted by Gasteiger charge is 2.38. The van der Waals surface area contributed by atoms with Gasteiger partial charge in [0.1, 0.15) is 6.04 Å². The SMILES string of the molecule is CC1CC1C(=O)NCCCC(NS(=O)(=O)c1ccc(-c2ccc(Cl)cc2)cc1)C(=O)O. The molecule has 9 heteroatoms. The van der Waals surface area contributed by atoms with Gasteiger partial charge in [0.25, 0.3) is 0 Å². The zero-order valence-corrected chi connectivity index (χ0v) is 18.6. The summed E-state index contributed by atoms with van der Waals surface area (Å²) in [5.74, 6) is -0.849. The van der Waals surface area contributed by atoms with Crippen molar-refractivity contribution in [1.82, 2.24) is 10.0 Å². The first-order valence-electron chi connectivity index (χ1n) is 10.1. The van der Waals surface area contributed by atoms with Crippen LogP contribution in [0.1, 0.15) is 26.2 Å². The third kappa shape index (κ3) is 6.29. The molecule has 2 aromatic rings. The average molecular weight is 465 g/mol. The van der Waals surface area contributed by atoms with Gasteiger partial charge in [-0.2, -0.15) is 4.72 Å². The highest BCUT2D eigenvalue weighted by Crippen LogP contribution is 2.37. The molecule has 3 unspecified atom stereocenters. The summed E-state index contributed by atoms with van der Waals surface area (Å²) >= 11 is 5.89. The predicted molar refractivity (Wildman–Crippen MR) is 118 cm³/mol. The number of amides is 1. The smallest absolute Gasteiger partial charge is 0.321 e. The Hall–Kier alpha value is -2.42. The lowest BCUT2D eigenvalue weighted by atomic mass is 10.1. The molecule has 0 aromatic heterocycles. The van der Waals surface area contributed by atoms with E-state index in [0.29, 0.717) is 23.9 Å². The number of hydrogen-bond acceptors (Lipinski definition) is 4. The van der Waals surface area contributed by atoms with Crippen molar-refractivity contribution in [3.05, 3.63) is 53.6 Å². The van der Waals surface area contributed by atoms with Crippen LogP contribution in [0.3, 0.4) is 0 Å². The molecule has 1 saturated carbocycles. The molecule has 166 valence electrons. The molecule has 1 amide bonds. The van der Waals surface area contributed by atoms with E-state index in [-0.39, 0.29) is 23.1 Å². The Morgan fingerprint density at radius 2 is 1.65 bits per heavy atom. The van der Waals surface area contributed by atoms with Gasteiger partial charge >= 0.3 is 5.97 Å². The number of nitrogens with one attached hydrogen (secondary N) is 2. The summed E-state index contributed by atoms with van der Waals surface area (Å²) < 4.78 is 27.6. The number of carbonyl (C=O) groups is 2. The lowest BCUT2D eigenvalue weighted by Gasteiger charge is -2.15. The molecule has 0 spiro atoms. The molecule has 0 radical (unpaired) electrons. The molecule has 3 N–H and O–H groups in total. The van der Waals surface area contributed by atoms with Gasteiger partial charge in [-0.15, -0.1) is 0 Å². The number of aliphatic carboxylic acids is 1. The Kier molecular flexibility index (Phi) is 7.35. The Morgan fingerprint density at radius 3 is 2.16 bits per heavy atom. The van der Waals surface area contributed by atoms with Crippen molar-refractivity contribution in [2.45, 2.75) is 37.1 Å². The normalized spacial score (nSPS) is 18.9. The number of carbonyl (C=O) groups excluding carboxylic acids is 1. The zero-order valence-electron chi connectivity index (χ0n) is 17.0. The Morgan fingerprint density at radius 1 is 1.10 bits per heavy atom. The fourth-order valence-corrected chi connectivity index (χ4v) is 4.64. The maximum atomic E-state index is 12.7. The largest absolute Gasteiger partial charge is 0.480 e. The zero-order chi connectivity index (χ0) is 22.6. The third-order valence-electron chi connectivity index (χ3n) is 5.35. The van der Waals surface area contributed by atoms with Gasteiger partial charge < -0.3 is 10.4 Å². The minimum absolute atomic E-state index is 0.0208. The van der Waals surface area contributed by atoms with E-state index in [1.807, 2.05) is 19.1 Å². The van der Waals surface area contributed by atoms with Crippen LogP contribution in [-0.2, 0) is 19.6 Å². The number of carboxylic acids is 1. The quantitative estimate of drug-likeness (QED) is 0.467. The summed E-state index contributed by atoms with van der Waals surface area (Å²) in [5.41, 5.74) is 1.69. The molecule has 0 heterocycles. The van der Waals surface area contributed by atoms with E-state index in [1.54, 1.807) is 24.3 Å².